The maximum Gasteiger partial charge on any atom is 0.331 e. The van der Waals surface area contributed by atoms with Crippen molar-refractivity contribution in [3.05, 3.63) is 23.3 Å². The van der Waals surface area contributed by atoms with Gasteiger partial charge in [0.25, 0.3) is 0 Å². The lowest BCUT2D eigenvalue weighted by Gasteiger charge is -2.62. The quantitative estimate of drug-likeness (QED) is 0.224. The molecule has 6 saturated carbocycles. The Balaban J connectivity index is 1.26. The van der Waals surface area contributed by atoms with E-state index in [0.29, 0.717) is 38.5 Å². The minimum absolute atomic E-state index is 0.0709. The summed E-state index contributed by atoms with van der Waals surface area (Å²) in [5, 5.41) is 23.3. The van der Waals surface area contributed by atoms with Crippen molar-refractivity contribution in [2.75, 3.05) is 21.3 Å². The van der Waals surface area contributed by atoms with Gasteiger partial charge in [-0.15, -0.1) is 0 Å². The normalized spacial score (nSPS) is 46.7. The minimum atomic E-state index is -1.60. The zero-order valence-electron chi connectivity index (χ0n) is 33.8. The predicted octanol–water partition coefficient (Wildman–Crippen LogP) is 4.72. The lowest BCUT2D eigenvalue weighted by atomic mass is 9.41. The maximum absolute atomic E-state index is 14.4. The number of methoxy groups -OCH3 is 3. The van der Waals surface area contributed by atoms with Gasteiger partial charge in [-0.2, -0.15) is 0 Å². The summed E-state index contributed by atoms with van der Waals surface area (Å²) in [5.74, 6) is -6.63. The Morgan fingerprint density at radius 1 is 0.655 bits per heavy atom. The molecule has 0 aliphatic heterocycles. The van der Waals surface area contributed by atoms with Crippen LogP contribution in [0.15, 0.2) is 23.3 Å². The predicted molar refractivity (Wildman–Crippen MR) is 197 cm³/mol. The van der Waals surface area contributed by atoms with E-state index >= 15 is 0 Å². The van der Waals surface area contributed by atoms with Crippen LogP contribution in [0.1, 0.15) is 99.3 Å². The SMILES string of the molecule is COC(=O)/C=C1\CC[C@H]2[C@@H]([C@@H](O)C(=O)[C@@H]3[C@]2(C)CC[C@H](OC(=O)/C=C2\CC[C@H]4[C@@H]([C@@H](O)C(=O)[C@@H]5[C@]4(C)CCC[C@]5(C)C(=O)OC)[C@H]2C)[C@]3(C)C(=O)OC)[C@H]1C. The third-order valence-electron chi connectivity index (χ3n) is 16.2. The van der Waals surface area contributed by atoms with Gasteiger partial charge in [-0.05, 0) is 99.7 Å². The molecule has 6 rings (SSSR count). The molecule has 55 heavy (non-hydrogen) atoms. The van der Waals surface area contributed by atoms with Gasteiger partial charge < -0.3 is 29.2 Å². The minimum Gasteiger partial charge on any atom is -0.469 e. The number of aliphatic hydroxyl groups excluding tert-OH is 2. The van der Waals surface area contributed by atoms with Crippen LogP contribution in [0.3, 0.4) is 0 Å². The van der Waals surface area contributed by atoms with Crippen LogP contribution in [-0.2, 0) is 47.7 Å². The summed E-state index contributed by atoms with van der Waals surface area (Å²) in [6, 6.07) is 0. The molecule has 0 spiro atoms. The number of ketones is 2. The molecule has 0 heterocycles. The van der Waals surface area contributed by atoms with Crippen LogP contribution < -0.4 is 0 Å². The first-order chi connectivity index (χ1) is 25.8. The number of carbonyl (C=O) groups excluding carboxylic acids is 6. The monoisotopic (exact) mass is 768 g/mol. The molecule has 12 nitrogen and oxygen atoms in total. The number of fused-ring (bicyclic) bond motifs is 6. The number of aliphatic hydroxyl groups is 2. The number of ether oxygens (including phenoxy) is 4. The van der Waals surface area contributed by atoms with Gasteiger partial charge in [0.2, 0.25) is 0 Å². The van der Waals surface area contributed by atoms with E-state index in [-0.39, 0.29) is 35.9 Å². The van der Waals surface area contributed by atoms with Crippen molar-refractivity contribution < 1.29 is 57.9 Å². The van der Waals surface area contributed by atoms with Crippen molar-refractivity contribution >= 4 is 35.4 Å². The molecule has 0 aromatic rings. The van der Waals surface area contributed by atoms with E-state index in [4.69, 9.17) is 18.9 Å². The number of Topliss-reactive ketones (excluding diaryl/α,β-unsaturated/α-hetero) is 2. The second-order valence-corrected chi connectivity index (χ2v) is 18.6. The van der Waals surface area contributed by atoms with Crippen molar-refractivity contribution in [2.24, 2.45) is 69.0 Å². The highest BCUT2D eigenvalue weighted by Gasteiger charge is 2.70. The third-order valence-corrected chi connectivity index (χ3v) is 16.2. The molecule has 0 unspecified atom stereocenters. The largest absolute Gasteiger partial charge is 0.469 e. The molecule has 6 aliphatic carbocycles. The maximum atomic E-state index is 14.4. The van der Waals surface area contributed by atoms with Crippen LogP contribution >= 0.6 is 0 Å². The van der Waals surface area contributed by atoms with Crippen LogP contribution in [0.2, 0.25) is 0 Å². The highest BCUT2D eigenvalue weighted by atomic mass is 16.6. The number of hydrogen-bond acceptors (Lipinski definition) is 12. The summed E-state index contributed by atoms with van der Waals surface area (Å²) in [4.78, 5) is 81.4. The molecular formula is C43H60O12. The van der Waals surface area contributed by atoms with Gasteiger partial charge in [0.1, 0.15) is 23.7 Å². The summed E-state index contributed by atoms with van der Waals surface area (Å²) >= 11 is 0. The molecule has 6 aliphatic rings. The summed E-state index contributed by atoms with van der Waals surface area (Å²) in [6.45, 7) is 11.3. The van der Waals surface area contributed by atoms with E-state index in [0.717, 1.165) is 24.0 Å². The van der Waals surface area contributed by atoms with E-state index in [2.05, 4.69) is 6.92 Å². The number of allylic oxidation sites excluding steroid dienone is 2. The van der Waals surface area contributed by atoms with Gasteiger partial charge in [0.15, 0.2) is 11.6 Å². The van der Waals surface area contributed by atoms with E-state index < -0.39 is 93.3 Å². The van der Waals surface area contributed by atoms with E-state index in [9.17, 15) is 39.0 Å². The third kappa shape index (κ3) is 6.05. The van der Waals surface area contributed by atoms with Crippen molar-refractivity contribution in [1.82, 2.24) is 0 Å². The molecule has 0 aromatic heterocycles. The highest BCUT2D eigenvalue weighted by Crippen LogP contribution is 2.66. The molecule has 15 atom stereocenters. The second kappa shape index (κ2) is 14.5. The molecular weight excluding hydrogens is 708 g/mol. The highest BCUT2D eigenvalue weighted by molar-refractivity contribution is 5.95. The smallest absolute Gasteiger partial charge is 0.331 e. The molecule has 0 radical (unpaired) electrons. The van der Waals surface area contributed by atoms with E-state index in [1.54, 1.807) is 13.8 Å². The average molecular weight is 769 g/mol. The zero-order valence-corrected chi connectivity index (χ0v) is 33.8. The molecule has 12 heteroatoms. The molecule has 0 saturated heterocycles. The fourth-order valence-corrected chi connectivity index (χ4v) is 13.6. The van der Waals surface area contributed by atoms with Gasteiger partial charge in [0.05, 0.1) is 26.7 Å². The van der Waals surface area contributed by atoms with Crippen LogP contribution in [-0.4, -0.2) is 85.3 Å². The summed E-state index contributed by atoms with van der Waals surface area (Å²) < 4.78 is 21.5. The van der Waals surface area contributed by atoms with Gasteiger partial charge in [-0.25, -0.2) is 9.59 Å². The summed E-state index contributed by atoms with van der Waals surface area (Å²) in [5.41, 5.74) is -2.36. The summed E-state index contributed by atoms with van der Waals surface area (Å²) in [7, 11) is 3.87. The molecule has 0 bridgehead atoms. The lowest BCUT2D eigenvalue weighted by Crippen LogP contribution is -2.68. The van der Waals surface area contributed by atoms with Crippen LogP contribution in [0.25, 0.3) is 0 Å². The molecule has 304 valence electrons. The first-order valence-corrected chi connectivity index (χ1v) is 20.1. The Kier molecular flexibility index (Phi) is 10.9. The molecule has 2 N–H and O–H groups in total. The Morgan fingerprint density at radius 3 is 1.65 bits per heavy atom. The number of rotatable bonds is 5. The van der Waals surface area contributed by atoms with Crippen molar-refractivity contribution in [3.8, 4) is 0 Å². The van der Waals surface area contributed by atoms with E-state index in [1.807, 2.05) is 20.8 Å². The van der Waals surface area contributed by atoms with Crippen molar-refractivity contribution in [3.63, 3.8) is 0 Å². The van der Waals surface area contributed by atoms with E-state index in [1.165, 1.54) is 33.5 Å². The van der Waals surface area contributed by atoms with Gasteiger partial charge in [-0.1, -0.05) is 45.3 Å². The number of carbonyl (C=O) groups is 6. The summed E-state index contributed by atoms with van der Waals surface area (Å²) in [6.07, 6.45) is 4.16. The van der Waals surface area contributed by atoms with Crippen molar-refractivity contribution in [2.45, 2.75) is 118 Å². The molecule has 6 fully saturated rings. The standard InChI is InChI=1S/C43H60O12/c1-21-23(19-28(44)52-7)11-14-26-31(21)33(47)35(49)37-41(26,4)18-15-27(43(37,6)39(51)54-9)55-29(45)20-24-12-13-25-30(22(24)2)32(46)34(48)36-40(25,3)16-10-17-42(36,5)38(50)53-8/h19-22,25-27,30-33,36-37,46-47H,10-18H2,1-9H3/b23-19+,24-20+/t21-,22-,25-,26-,27-,30-,31-,32+,33+,36+,37+,40+,41+,42-,43-/m0/s1. The fraction of sp³-hybridized carbons (Fsp3) is 0.767. The Bertz CT molecular complexity index is 1700. The topological polar surface area (TPSA) is 180 Å². The van der Waals surface area contributed by atoms with Gasteiger partial charge >= 0.3 is 23.9 Å². The Labute approximate surface area is 324 Å². The van der Waals surface area contributed by atoms with Crippen LogP contribution in [0.5, 0.6) is 0 Å². The van der Waals surface area contributed by atoms with Crippen molar-refractivity contribution in [1.29, 1.82) is 0 Å². The molecule has 0 aromatic carbocycles. The first-order valence-electron chi connectivity index (χ1n) is 20.1. The average Bonchev–Trinajstić information content (AvgIpc) is 3.14. The molecule has 0 amide bonds. The Morgan fingerprint density at radius 2 is 1.15 bits per heavy atom. The number of esters is 4. The lowest BCUT2D eigenvalue weighted by molar-refractivity contribution is -0.214. The van der Waals surface area contributed by atoms with Gasteiger partial charge in [-0.3, -0.25) is 19.2 Å². The fourth-order valence-electron chi connectivity index (χ4n) is 13.6. The zero-order chi connectivity index (χ0) is 40.6. The number of hydrogen-bond donors (Lipinski definition) is 2. The first kappa shape index (κ1) is 41.3. The second-order valence-electron chi connectivity index (χ2n) is 18.6. The Hall–Kier alpha value is -3.38. The van der Waals surface area contributed by atoms with Crippen LogP contribution in [0.4, 0.5) is 0 Å². The van der Waals surface area contributed by atoms with Crippen LogP contribution in [0, 0.1) is 69.0 Å². The van der Waals surface area contributed by atoms with Gasteiger partial charge in [0, 0.05) is 35.8 Å².